The summed E-state index contributed by atoms with van der Waals surface area (Å²) < 4.78 is 38.0. The first kappa shape index (κ1) is 27.6. The number of nitrogens with two attached hydrogens (primary N) is 2. The fourth-order valence-corrected chi connectivity index (χ4v) is 5.85. The number of ether oxygens (including phenoxy) is 2. The van der Waals surface area contributed by atoms with Crippen molar-refractivity contribution in [2.45, 2.75) is 43.8 Å². The normalized spacial score (nSPS) is 27.1. The van der Waals surface area contributed by atoms with E-state index in [-0.39, 0.29) is 44.4 Å². The largest absolute Gasteiger partial charge is 0.382 e. The molecular weight excluding hydrogens is 586 g/mol. The molecule has 0 spiro atoms. The quantitative estimate of drug-likeness (QED) is 0.0846. The monoisotopic (exact) mass is 612 g/mol. The number of H-pyrrole nitrogens is 1. The predicted octanol–water partition coefficient (Wildman–Crippen LogP) is 0.851. The van der Waals surface area contributed by atoms with E-state index in [0.29, 0.717) is 43.0 Å². The van der Waals surface area contributed by atoms with Gasteiger partial charge in [0.2, 0.25) is 5.95 Å². The van der Waals surface area contributed by atoms with Gasteiger partial charge in [-0.05, 0) is 12.9 Å². The summed E-state index contributed by atoms with van der Waals surface area (Å²) in [6, 6.07) is 0. The molecule has 6 rings (SSSR count). The number of nitrogens with one attached hydrogen (secondary N) is 1. The summed E-state index contributed by atoms with van der Waals surface area (Å²) in [5, 5.41) is 0. The van der Waals surface area contributed by atoms with E-state index >= 15 is 0 Å². The number of anilines is 2. The standard InChI is InChI=1S/C20H26N10O7P2S/c21-15-13-16(24-5-23-15)29(6-25-13)11-1-8(10(34-11)4-32-38)3-33-39-36-12-2-9(37-40)19(35-12)30-7-26-14-17(30)27-20(22)28-18(14)31/h5-12,19,39-40H,1-4,38H2,(H2,21,23,24)(H3,22,27,28,31)/t8-,9-,10+,11+,12?,19+/m0/s1. The summed E-state index contributed by atoms with van der Waals surface area (Å²) >= 11 is 3.98. The van der Waals surface area contributed by atoms with E-state index in [9.17, 15) is 4.79 Å². The van der Waals surface area contributed by atoms with Crippen LogP contribution in [0.4, 0.5) is 11.8 Å². The first-order valence-electron chi connectivity index (χ1n) is 12.1. The van der Waals surface area contributed by atoms with Crippen molar-refractivity contribution in [1.82, 2.24) is 39.0 Å². The van der Waals surface area contributed by atoms with E-state index in [0.717, 1.165) is 0 Å². The highest BCUT2D eigenvalue weighted by Gasteiger charge is 2.40. The van der Waals surface area contributed by atoms with Gasteiger partial charge in [0.05, 0.1) is 32.0 Å². The zero-order chi connectivity index (χ0) is 27.8. The van der Waals surface area contributed by atoms with Crippen molar-refractivity contribution in [2.24, 2.45) is 5.92 Å². The lowest BCUT2D eigenvalue weighted by Gasteiger charge is -2.19. The molecule has 3 unspecified atom stereocenters. The maximum atomic E-state index is 12.1. The average molecular weight is 613 g/mol. The van der Waals surface area contributed by atoms with Crippen molar-refractivity contribution in [3.63, 3.8) is 0 Å². The van der Waals surface area contributed by atoms with Crippen LogP contribution in [0.5, 0.6) is 0 Å². The minimum atomic E-state index is -0.693. The van der Waals surface area contributed by atoms with Crippen LogP contribution in [0.15, 0.2) is 23.8 Å². The van der Waals surface area contributed by atoms with Crippen LogP contribution in [0.3, 0.4) is 0 Å². The SMILES string of the molecule is Nc1nc2c(ncn2[C@@H]2OC(OPOC[C@@H]3C[C@H](n4cnc5c(N)ncnc54)O[C@@H]3COP)C[C@@H]2OS)c(=O)[nH]1. The molecule has 0 bridgehead atoms. The number of nitrogen functional groups attached to an aromatic ring is 2. The Labute approximate surface area is 235 Å². The van der Waals surface area contributed by atoms with Gasteiger partial charge in [-0.3, -0.25) is 18.9 Å². The van der Waals surface area contributed by atoms with Gasteiger partial charge in [-0.25, -0.2) is 19.9 Å². The van der Waals surface area contributed by atoms with E-state index in [1.54, 1.807) is 10.9 Å². The molecule has 0 radical (unpaired) electrons. The van der Waals surface area contributed by atoms with E-state index < -0.39 is 24.2 Å². The van der Waals surface area contributed by atoms with E-state index in [4.69, 9.17) is 38.7 Å². The fraction of sp³-hybridized carbons (Fsp3) is 0.500. The Morgan fingerprint density at radius 2 is 1.93 bits per heavy atom. The van der Waals surface area contributed by atoms with E-state index in [1.165, 1.54) is 12.7 Å². The summed E-state index contributed by atoms with van der Waals surface area (Å²) in [6.07, 6.45) is 3.07. The lowest BCUT2D eigenvalue weighted by atomic mass is 10.0. The summed E-state index contributed by atoms with van der Waals surface area (Å²) in [5.41, 5.74) is 12.7. The number of nitrogens with zero attached hydrogens (tertiary/aromatic N) is 7. The Bertz CT molecular complexity index is 1560. The Kier molecular flexibility index (Phi) is 8.12. The molecule has 214 valence electrons. The van der Waals surface area contributed by atoms with Gasteiger partial charge in [0.1, 0.15) is 24.2 Å². The van der Waals surface area contributed by atoms with Crippen molar-refractivity contribution in [3.05, 3.63) is 29.3 Å². The van der Waals surface area contributed by atoms with Gasteiger partial charge in [0, 0.05) is 28.2 Å². The topological polar surface area (TPSA) is 215 Å². The molecular formula is C20H26N10O7P2S. The third-order valence-corrected chi connectivity index (χ3v) is 7.86. The van der Waals surface area contributed by atoms with E-state index in [1.807, 2.05) is 4.57 Å². The van der Waals surface area contributed by atoms with Gasteiger partial charge in [0.15, 0.2) is 44.2 Å². The molecule has 0 amide bonds. The molecule has 4 aromatic heterocycles. The zero-order valence-corrected chi connectivity index (χ0v) is 23.7. The van der Waals surface area contributed by atoms with Crippen LogP contribution in [0, 0.1) is 5.92 Å². The van der Waals surface area contributed by atoms with Gasteiger partial charge >= 0.3 is 0 Å². The summed E-state index contributed by atoms with van der Waals surface area (Å²) in [4.78, 5) is 35.5. The smallest absolute Gasteiger partial charge is 0.280 e. The Morgan fingerprint density at radius 1 is 1.10 bits per heavy atom. The summed E-state index contributed by atoms with van der Waals surface area (Å²) in [6.45, 7) is 0.718. The van der Waals surface area contributed by atoms with Gasteiger partial charge in [-0.1, -0.05) is 0 Å². The molecule has 0 saturated carbocycles. The Hall–Kier alpha value is -2.53. The lowest BCUT2D eigenvalue weighted by molar-refractivity contribution is -0.102. The molecule has 2 fully saturated rings. The molecule has 4 aromatic rings. The highest BCUT2D eigenvalue weighted by molar-refractivity contribution is 7.75. The molecule has 8 atom stereocenters. The molecule has 2 aliphatic rings. The molecule has 2 saturated heterocycles. The van der Waals surface area contributed by atoms with Crippen molar-refractivity contribution >= 4 is 65.5 Å². The third-order valence-electron chi connectivity index (χ3n) is 6.75. The van der Waals surface area contributed by atoms with E-state index in [2.05, 4.69) is 52.3 Å². The molecule has 20 heteroatoms. The maximum Gasteiger partial charge on any atom is 0.280 e. The molecule has 0 aliphatic carbocycles. The van der Waals surface area contributed by atoms with Crippen LogP contribution in [0.1, 0.15) is 25.3 Å². The van der Waals surface area contributed by atoms with Crippen LogP contribution in [-0.2, 0) is 27.2 Å². The number of aromatic amines is 1. The van der Waals surface area contributed by atoms with Gasteiger partial charge < -0.3 is 38.7 Å². The summed E-state index contributed by atoms with van der Waals surface area (Å²) in [7, 11) is 1.92. The molecule has 6 heterocycles. The minimum Gasteiger partial charge on any atom is -0.382 e. The highest BCUT2D eigenvalue weighted by atomic mass is 32.1. The number of imidazole rings is 2. The van der Waals surface area contributed by atoms with Crippen LogP contribution in [-0.4, -0.2) is 70.7 Å². The molecule has 0 aromatic carbocycles. The predicted molar refractivity (Wildman–Crippen MR) is 148 cm³/mol. The number of thiol groups is 1. The second-order valence-corrected chi connectivity index (χ2v) is 10.4. The number of fused-ring (bicyclic) bond motifs is 2. The summed E-state index contributed by atoms with van der Waals surface area (Å²) in [5.74, 6) is 0.281. The molecule has 5 N–H and O–H groups in total. The third kappa shape index (κ3) is 5.26. The van der Waals surface area contributed by atoms with Crippen molar-refractivity contribution in [2.75, 3.05) is 24.7 Å². The molecule has 2 aliphatic heterocycles. The maximum absolute atomic E-state index is 12.1. The van der Waals surface area contributed by atoms with Gasteiger partial charge in [-0.15, -0.1) is 0 Å². The van der Waals surface area contributed by atoms with Crippen LogP contribution < -0.4 is 17.0 Å². The fourth-order valence-electron chi connectivity index (χ4n) is 4.86. The van der Waals surface area contributed by atoms with Gasteiger partial charge in [-0.2, -0.15) is 4.98 Å². The number of hydrogen-bond acceptors (Lipinski definition) is 15. The average Bonchev–Trinajstić information content (AvgIpc) is 3.71. The highest BCUT2D eigenvalue weighted by Crippen LogP contribution is 2.39. The zero-order valence-electron chi connectivity index (χ0n) is 20.7. The van der Waals surface area contributed by atoms with Gasteiger partial charge in [0.25, 0.3) is 5.56 Å². The number of hydrogen-bond donors (Lipinski definition) is 4. The lowest BCUT2D eigenvalue weighted by Crippen LogP contribution is -2.24. The second kappa shape index (κ2) is 11.8. The molecule has 40 heavy (non-hydrogen) atoms. The second-order valence-electron chi connectivity index (χ2n) is 9.16. The minimum absolute atomic E-state index is 0.0102. The first-order chi connectivity index (χ1) is 19.5. The number of rotatable bonds is 10. The van der Waals surface area contributed by atoms with Crippen LogP contribution in [0.25, 0.3) is 22.3 Å². The van der Waals surface area contributed by atoms with Crippen LogP contribution >= 0.6 is 31.4 Å². The van der Waals surface area contributed by atoms with Crippen LogP contribution in [0.2, 0.25) is 0 Å². The Balaban J connectivity index is 1.06. The van der Waals surface area contributed by atoms with Crippen molar-refractivity contribution in [1.29, 1.82) is 0 Å². The van der Waals surface area contributed by atoms with Crippen molar-refractivity contribution in [3.8, 4) is 0 Å². The first-order valence-corrected chi connectivity index (χ1v) is 13.7. The van der Waals surface area contributed by atoms with Crippen molar-refractivity contribution < 1.29 is 27.2 Å². The number of aromatic nitrogens is 8. The molecule has 17 nitrogen and oxygen atoms in total. The Morgan fingerprint density at radius 3 is 2.75 bits per heavy atom.